The highest BCUT2D eigenvalue weighted by Gasteiger charge is 2.51. The molecule has 45 heavy (non-hydrogen) atoms. The molecule has 4 fully saturated rings. The van der Waals surface area contributed by atoms with E-state index in [0.29, 0.717) is 57.3 Å². The molecule has 0 N–H and O–H groups in total. The largest absolute Gasteiger partial charge is 0.378 e. The average molecular weight is 631 g/mol. The normalized spacial score (nSPS) is 29.8. The van der Waals surface area contributed by atoms with Crippen LogP contribution in [0.1, 0.15) is 85.1 Å². The molecular formula is C35H52F2N4O4. The fourth-order valence-electron chi connectivity index (χ4n) is 7.90. The van der Waals surface area contributed by atoms with Crippen molar-refractivity contribution in [3.63, 3.8) is 0 Å². The summed E-state index contributed by atoms with van der Waals surface area (Å²) in [6.45, 7) is 15.2. The van der Waals surface area contributed by atoms with Gasteiger partial charge in [0.1, 0.15) is 17.7 Å². The third-order valence-electron chi connectivity index (χ3n) is 10.6. The van der Waals surface area contributed by atoms with E-state index in [-0.39, 0.29) is 47.8 Å². The van der Waals surface area contributed by atoms with E-state index in [1.807, 2.05) is 18.7 Å². The van der Waals surface area contributed by atoms with Gasteiger partial charge >= 0.3 is 0 Å². The van der Waals surface area contributed by atoms with Crippen LogP contribution < -0.4 is 0 Å². The number of morpholine rings is 1. The Bertz CT molecular complexity index is 1240. The maximum Gasteiger partial charge on any atom is 0.245 e. The maximum absolute atomic E-state index is 15.3. The molecule has 0 unspecified atom stereocenters. The van der Waals surface area contributed by atoms with Crippen LogP contribution in [0.2, 0.25) is 0 Å². The summed E-state index contributed by atoms with van der Waals surface area (Å²) < 4.78 is 34.7. The van der Waals surface area contributed by atoms with Crippen LogP contribution in [0.4, 0.5) is 8.78 Å². The predicted molar refractivity (Wildman–Crippen MR) is 168 cm³/mol. The Kier molecular flexibility index (Phi) is 10.2. The van der Waals surface area contributed by atoms with Gasteiger partial charge in [0.25, 0.3) is 0 Å². The van der Waals surface area contributed by atoms with Crippen molar-refractivity contribution < 1.29 is 27.9 Å². The van der Waals surface area contributed by atoms with E-state index in [2.05, 4.69) is 32.6 Å². The molecule has 3 amide bonds. The summed E-state index contributed by atoms with van der Waals surface area (Å²) in [5.74, 6) is -2.26. The van der Waals surface area contributed by atoms with Crippen molar-refractivity contribution in [3.8, 4) is 0 Å². The van der Waals surface area contributed by atoms with Gasteiger partial charge in [0.15, 0.2) is 0 Å². The van der Waals surface area contributed by atoms with Gasteiger partial charge in [-0.05, 0) is 70.4 Å². The van der Waals surface area contributed by atoms with Gasteiger partial charge in [-0.2, -0.15) is 0 Å². The molecule has 3 aliphatic heterocycles. The van der Waals surface area contributed by atoms with Crippen molar-refractivity contribution in [2.75, 3.05) is 45.9 Å². The van der Waals surface area contributed by atoms with E-state index in [1.54, 1.807) is 9.80 Å². The summed E-state index contributed by atoms with van der Waals surface area (Å²) in [6.07, 6.45) is 4.32. The topological polar surface area (TPSA) is 73.4 Å². The van der Waals surface area contributed by atoms with Crippen molar-refractivity contribution >= 4 is 17.7 Å². The molecule has 0 bridgehead atoms. The molecule has 0 spiro atoms. The summed E-state index contributed by atoms with van der Waals surface area (Å²) in [5, 5.41) is 0. The predicted octanol–water partition coefficient (Wildman–Crippen LogP) is 4.67. The lowest BCUT2D eigenvalue weighted by Crippen LogP contribution is -2.53. The second kappa shape index (κ2) is 13.6. The molecule has 1 aromatic carbocycles. The Morgan fingerprint density at radius 1 is 0.933 bits per heavy atom. The Morgan fingerprint density at radius 2 is 1.60 bits per heavy atom. The molecular weight excluding hydrogens is 578 g/mol. The molecule has 10 heteroatoms. The lowest BCUT2D eigenvalue weighted by Gasteiger charge is -2.41. The standard InChI is InChI=1S/C35H52F2N4O4/c1-22(2)32(42)41(25-10-7-23(3)8-11-25)26-18-31(34(44)38-13-15-45-16-14-38)40(19-26)33(43)29-21-39(35(4,5)6)20-28(29)27-12-9-24(36)17-30(27)37/h9,12,17,22-23,25-26,28-29,31H,7-8,10-11,13-16,18-21H2,1-6H3/t23?,25?,26-,28-,29+,31-/m0/s1. The highest BCUT2D eigenvalue weighted by molar-refractivity contribution is 5.90. The van der Waals surface area contributed by atoms with E-state index < -0.39 is 29.5 Å². The quantitative estimate of drug-likeness (QED) is 0.457. The van der Waals surface area contributed by atoms with Crippen molar-refractivity contribution in [1.29, 1.82) is 0 Å². The number of benzene rings is 1. The van der Waals surface area contributed by atoms with E-state index in [1.165, 1.54) is 12.1 Å². The first-order chi connectivity index (χ1) is 21.3. The molecule has 3 saturated heterocycles. The second-order valence-corrected chi connectivity index (χ2v) is 15.1. The summed E-state index contributed by atoms with van der Waals surface area (Å²) in [7, 11) is 0. The molecule has 3 heterocycles. The lowest BCUT2D eigenvalue weighted by atomic mass is 9.85. The average Bonchev–Trinajstić information content (AvgIpc) is 3.64. The van der Waals surface area contributed by atoms with Gasteiger partial charge in [0.2, 0.25) is 17.7 Å². The summed E-state index contributed by atoms with van der Waals surface area (Å²) in [6, 6.07) is 2.67. The van der Waals surface area contributed by atoms with Crippen molar-refractivity contribution in [2.45, 2.75) is 103 Å². The van der Waals surface area contributed by atoms with E-state index in [0.717, 1.165) is 31.7 Å². The highest BCUT2D eigenvalue weighted by atomic mass is 19.1. The van der Waals surface area contributed by atoms with Crippen LogP contribution in [0.3, 0.4) is 0 Å². The van der Waals surface area contributed by atoms with Gasteiger partial charge < -0.3 is 19.4 Å². The number of carbonyl (C=O) groups is 3. The second-order valence-electron chi connectivity index (χ2n) is 15.1. The SMILES string of the molecule is CC1CCC(N(C(=O)C(C)C)[C@H]2C[C@@H](C(=O)N3CCOCC3)N(C(=O)[C@@H]3CN(C(C)(C)C)C[C@H]3c3ccc(F)cc3F)C2)CC1. The fraction of sp³-hybridized carbons (Fsp3) is 0.743. The van der Waals surface area contributed by atoms with E-state index >= 15 is 4.39 Å². The molecule has 0 radical (unpaired) electrons. The third kappa shape index (κ3) is 7.22. The first-order valence-corrected chi connectivity index (χ1v) is 17.0. The maximum atomic E-state index is 15.3. The minimum Gasteiger partial charge on any atom is -0.378 e. The number of likely N-dealkylation sites (tertiary alicyclic amines) is 2. The van der Waals surface area contributed by atoms with Gasteiger partial charge in [-0.1, -0.05) is 26.8 Å². The zero-order valence-electron chi connectivity index (χ0n) is 27.9. The number of amides is 3. The molecule has 1 aromatic rings. The minimum atomic E-state index is -0.715. The Hall–Kier alpha value is -2.59. The number of rotatable bonds is 6. The van der Waals surface area contributed by atoms with Gasteiger partial charge in [0, 0.05) is 62.2 Å². The Balaban J connectivity index is 1.49. The molecule has 250 valence electrons. The minimum absolute atomic E-state index is 0.0671. The van der Waals surface area contributed by atoms with Crippen LogP contribution in [0.15, 0.2) is 18.2 Å². The lowest BCUT2D eigenvalue weighted by molar-refractivity contribution is -0.148. The highest BCUT2D eigenvalue weighted by Crippen LogP contribution is 2.41. The third-order valence-corrected chi connectivity index (χ3v) is 10.6. The van der Waals surface area contributed by atoms with Gasteiger partial charge in [-0.15, -0.1) is 0 Å². The van der Waals surface area contributed by atoms with Gasteiger partial charge in [-0.25, -0.2) is 8.78 Å². The summed E-state index contributed by atoms with van der Waals surface area (Å²) in [4.78, 5) is 50.4. The number of ether oxygens (including phenoxy) is 1. The molecule has 1 aliphatic carbocycles. The number of hydrogen-bond acceptors (Lipinski definition) is 5. The van der Waals surface area contributed by atoms with Crippen LogP contribution in [0, 0.1) is 29.4 Å². The summed E-state index contributed by atoms with van der Waals surface area (Å²) >= 11 is 0. The van der Waals surface area contributed by atoms with Gasteiger partial charge in [-0.3, -0.25) is 19.3 Å². The monoisotopic (exact) mass is 630 g/mol. The van der Waals surface area contributed by atoms with Crippen LogP contribution in [0.25, 0.3) is 0 Å². The van der Waals surface area contributed by atoms with Crippen molar-refractivity contribution in [1.82, 2.24) is 19.6 Å². The summed E-state index contributed by atoms with van der Waals surface area (Å²) in [5.41, 5.74) is 0.0418. The van der Waals surface area contributed by atoms with Crippen LogP contribution >= 0.6 is 0 Å². The number of hydrogen-bond donors (Lipinski definition) is 0. The van der Waals surface area contributed by atoms with Crippen LogP contribution in [-0.4, -0.2) is 107 Å². The number of carbonyl (C=O) groups excluding carboxylic acids is 3. The Morgan fingerprint density at radius 3 is 2.20 bits per heavy atom. The van der Waals surface area contributed by atoms with E-state index in [4.69, 9.17) is 4.74 Å². The number of nitrogens with zero attached hydrogens (tertiary/aromatic N) is 4. The van der Waals surface area contributed by atoms with E-state index in [9.17, 15) is 18.8 Å². The Labute approximate surface area is 267 Å². The first kappa shape index (κ1) is 33.8. The molecule has 1 saturated carbocycles. The van der Waals surface area contributed by atoms with Gasteiger partial charge in [0.05, 0.1) is 25.2 Å². The molecule has 0 aromatic heterocycles. The fourth-order valence-corrected chi connectivity index (χ4v) is 7.90. The molecule has 5 rings (SSSR count). The molecule has 8 nitrogen and oxygen atoms in total. The zero-order chi connectivity index (χ0) is 32.6. The first-order valence-electron chi connectivity index (χ1n) is 17.0. The number of halogens is 2. The smallest absolute Gasteiger partial charge is 0.245 e. The zero-order valence-corrected chi connectivity index (χ0v) is 27.9. The van der Waals surface area contributed by atoms with Crippen molar-refractivity contribution in [3.05, 3.63) is 35.4 Å². The molecule has 4 aliphatic rings. The van der Waals surface area contributed by atoms with Crippen LogP contribution in [0.5, 0.6) is 0 Å². The van der Waals surface area contributed by atoms with Crippen molar-refractivity contribution in [2.24, 2.45) is 17.8 Å². The molecule has 4 atom stereocenters. The van der Waals surface area contributed by atoms with Crippen LogP contribution in [-0.2, 0) is 19.1 Å².